The van der Waals surface area contributed by atoms with Crippen molar-refractivity contribution >= 4 is 46.5 Å². The Morgan fingerprint density at radius 3 is 2.06 bits per heavy atom. The van der Waals surface area contributed by atoms with Crippen LogP contribution in [0.2, 0.25) is 10.0 Å². The summed E-state index contributed by atoms with van der Waals surface area (Å²) in [5, 5.41) is 16.0. The highest BCUT2D eigenvalue weighted by Gasteiger charge is 2.20. The first-order valence-electron chi connectivity index (χ1n) is 9.92. The van der Waals surface area contributed by atoms with E-state index in [-0.39, 0.29) is 28.1 Å². The molecule has 0 aliphatic heterocycles. The largest absolute Gasteiger partial charge is 0.480 e. The van der Waals surface area contributed by atoms with Gasteiger partial charge in [-0.15, -0.1) is 0 Å². The van der Waals surface area contributed by atoms with E-state index in [4.69, 9.17) is 23.2 Å². The number of amides is 1. The van der Waals surface area contributed by atoms with E-state index in [1.165, 1.54) is 12.4 Å². The Kier molecular flexibility index (Phi) is 7.38. The first-order valence-corrected chi connectivity index (χ1v) is 10.7. The lowest BCUT2D eigenvalue weighted by molar-refractivity contribution is -0.137. The molecule has 0 aliphatic carbocycles. The lowest BCUT2D eigenvalue weighted by atomic mass is 10.0. The van der Waals surface area contributed by atoms with Gasteiger partial charge in [0, 0.05) is 30.1 Å². The molecule has 1 atom stereocenters. The molecule has 0 aliphatic rings. The van der Waals surface area contributed by atoms with Crippen molar-refractivity contribution in [2.75, 3.05) is 10.6 Å². The summed E-state index contributed by atoms with van der Waals surface area (Å²) < 4.78 is 0. The Labute approximate surface area is 196 Å². The summed E-state index contributed by atoms with van der Waals surface area (Å²) in [6, 6.07) is 9.95. The van der Waals surface area contributed by atoms with Gasteiger partial charge in [-0.25, -0.2) is 4.79 Å². The normalized spacial score (nSPS) is 11.7. The first kappa shape index (κ1) is 23.6. The summed E-state index contributed by atoms with van der Waals surface area (Å²) in [5.74, 6) is -1.33. The molecule has 1 aromatic heterocycles. The fourth-order valence-electron chi connectivity index (χ4n) is 3.53. The predicted molar refractivity (Wildman–Crippen MR) is 128 cm³/mol. The molecule has 2 aromatic carbocycles. The summed E-state index contributed by atoms with van der Waals surface area (Å²) >= 11 is 12.1. The van der Waals surface area contributed by atoms with Crippen molar-refractivity contribution in [2.24, 2.45) is 0 Å². The van der Waals surface area contributed by atoms with Crippen molar-refractivity contribution in [2.45, 2.75) is 33.2 Å². The number of aliphatic carboxylic acids is 1. The monoisotopic (exact) mass is 471 g/mol. The van der Waals surface area contributed by atoms with Gasteiger partial charge in [0.25, 0.3) is 5.91 Å². The second kappa shape index (κ2) is 10.0. The summed E-state index contributed by atoms with van der Waals surface area (Å²) in [6.07, 6.45) is 3.04. The van der Waals surface area contributed by atoms with Gasteiger partial charge in [-0.3, -0.25) is 9.78 Å². The molecule has 3 aromatic rings. The molecule has 8 heteroatoms. The van der Waals surface area contributed by atoms with Crippen LogP contribution in [0.4, 0.5) is 11.4 Å². The Hall–Kier alpha value is -3.09. The maximum absolute atomic E-state index is 12.5. The molecule has 0 saturated heterocycles. The molecule has 0 saturated carbocycles. The summed E-state index contributed by atoms with van der Waals surface area (Å²) in [5.41, 5.74) is 5.40. The molecule has 1 amide bonds. The number of carbonyl (C=O) groups is 2. The third kappa shape index (κ3) is 5.58. The van der Waals surface area contributed by atoms with Crippen molar-refractivity contribution in [3.8, 4) is 0 Å². The van der Waals surface area contributed by atoms with Crippen LogP contribution < -0.4 is 10.6 Å². The third-order valence-corrected chi connectivity index (χ3v) is 5.61. The van der Waals surface area contributed by atoms with Crippen molar-refractivity contribution in [3.05, 3.63) is 86.7 Å². The predicted octanol–water partition coefficient (Wildman–Crippen LogP) is 5.67. The van der Waals surface area contributed by atoms with E-state index < -0.39 is 12.0 Å². The molecule has 3 N–H and O–H groups in total. The van der Waals surface area contributed by atoms with Crippen LogP contribution in [0.25, 0.3) is 0 Å². The molecule has 6 nitrogen and oxygen atoms in total. The van der Waals surface area contributed by atoms with Crippen LogP contribution in [0.15, 0.2) is 48.8 Å². The van der Waals surface area contributed by atoms with Crippen molar-refractivity contribution < 1.29 is 14.7 Å². The van der Waals surface area contributed by atoms with E-state index in [2.05, 4.69) is 15.6 Å². The molecule has 1 heterocycles. The van der Waals surface area contributed by atoms with E-state index in [9.17, 15) is 14.7 Å². The smallest absolute Gasteiger partial charge is 0.326 e. The molecule has 32 heavy (non-hydrogen) atoms. The quantitative estimate of drug-likeness (QED) is 0.412. The lowest BCUT2D eigenvalue weighted by Crippen LogP contribution is -2.32. The second-order valence-corrected chi connectivity index (χ2v) is 8.46. The number of halogens is 2. The van der Waals surface area contributed by atoms with Crippen LogP contribution in [0.5, 0.6) is 0 Å². The number of pyridine rings is 1. The average Bonchev–Trinajstić information content (AvgIpc) is 2.72. The second-order valence-electron chi connectivity index (χ2n) is 7.64. The van der Waals surface area contributed by atoms with E-state index in [1.807, 2.05) is 32.9 Å². The van der Waals surface area contributed by atoms with E-state index in [1.54, 1.807) is 24.3 Å². The van der Waals surface area contributed by atoms with Crippen LogP contribution in [0.1, 0.15) is 32.6 Å². The standard InChI is InChI=1S/C24H23Cl2N3O3/c1-13-8-14(2)21(15(3)9-13)28-20(24(31)32)10-16-4-6-17(7-5-16)23(30)29-22-18(25)11-27-12-19(22)26/h4-9,11-12,20,28H,10H2,1-3H3,(H,31,32)(H,27,29,30). The highest BCUT2D eigenvalue weighted by atomic mass is 35.5. The number of nitrogens with one attached hydrogen (secondary N) is 2. The van der Waals surface area contributed by atoms with Crippen molar-refractivity contribution in [3.63, 3.8) is 0 Å². The topological polar surface area (TPSA) is 91.3 Å². The van der Waals surface area contributed by atoms with E-state index in [0.29, 0.717) is 5.56 Å². The molecule has 0 spiro atoms. The van der Waals surface area contributed by atoms with E-state index >= 15 is 0 Å². The van der Waals surface area contributed by atoms with Gasteiger partial charge in [-0.05, 0) is 49.6 Å². The first-order chi connectivity index (χ1) is 15.2. The van der Waals surface area contributed by atoms with Gasteiger partial charge in [0.05, 0.1) is 15.7 Å². The maximum atomic E-state index is 12.5. The zero-order valence-corrected chi connectivity index (χ0v) is 19.4. The number of anilines is 2. The molecule has 0 fully saturated rings. The van der Waals surface area contributed by atoms with Gasteiger partial charge in [0.2, 0.25) is 0 Å². The molecule has 0 radical (unpaired) electrons. The van der Waals surface area contributed by atoms with Gasteiger partial charge in [0.1, 0.15) is 6.04 Å². The average molecular weight is 472 g/mol. The number of carboxylic acid groups (broad SMARTS) is 1. The van der Waals surface area contributed by atoms with Gasteiger partial charge in [0.15, 0.2) is 0 Å². The van der Waals surface area contributed by atoms with Crippen LogP contribution >= 0.6 is 23.2 Å². The molecule has 166 valence electrons. The molecule has 1 unspecified atom stereocenters. The van der Waals surface area contributed by atoms with Gasteiger partial charge in [-0.1, -0.05) is 53.0 Å². The number of rotatable bonds is 7. The van der Waals surface area contributed by atoms with Crippen LogP contribution in [-0.2, 0) is 11.2 Å². The SMILES string of the molecule is Cc1cc(C)c(NC(Cc2ccc(C(=O)Nc3c(Cl)cncc3Cl)cc2)C(=O)O)c(C)c1. The number of carbonyl (C=O) groups excluding carboxylic acids is 1. The van der Waals surface area contributed by atoms with Gasteiger partial charge in [-0.2, -0.15) is 0 Å². The summed E-state index contributed by atoms with van der Waals surface area (Å²) in [7, 11) is 0. The number of hydrogen-bond donors (Lipinski definition) is 3. The Morgan fingerprint density at radius 2 is 1.53 bits per heavy atom. The summed E-state index contributed by atoms with van der Waals surface area (Å²) in [4.78, 5) is 28.3. The number of carboxylic acids is 1. The van der Waals surface area contributed by atoms with Crippen LogP contribution in [0, 0.1) is 20.8 Å². The molecular formula is C24H23Cl2N3O3. The fraction of sp³-hybridized carbons (Fsp3) is 0.208. The number of hydrogen-bond acceptors (Lipinski definition) is 4. The van der Waals surface area contributed by atoms with Crippen molar-refractivity contribution in [1.29, 1.82) is 0 Å². The van der Waals surface area contributed by atoms with E-state index in [0.717, 1.165) is 27.9 Å². The Morgan fingerprint density at radius 1 is 0.969 bits per heavy atom. The maximum Gasteiger partial charge on any atom is 0.326 e. The highest BCUT2D eigenvalue weighted by Crippen LogP contribution is 2.29. The van der Waals surface area contributed by atoms with Gasteiger partial charge < -0.3 is 15.7 Å². The van der Waals surface area contributed by atoms with Crippen LogP contribution in [0.3, 0.4) is 0 Å². The number of aryl methyl sites for hydroxylation is 3. The minimum absolute atomic E-state index is 0.236. The zero-order chi connectivity index (χ0) is 23.4. The van der Waals surface area contributed by atoms with Crippen molar-refractivity contribution in [1.82, 2.24) is 4.98 Å². The number of benzene rings is 2. The minimum atomic E-state index is -0.951. The highest BCUT2D eigenvalue weighted by molar-refractivity contribution is 6.39. The van der Waals surface area contributed by atoms with Crippen LogP contribution in [-0.4, -0.2) is 28.0 Å². The Balaban J connectivity index is 1.73. The molecule has 3 rings (SSSR count). The fourth-order valence-corrected chi connectivity index (χ4v) is 3.99. The third-order valence-electron chi connectivity index (χ3n) is 5.04. The number of aromatic nitrogens is 1. The zero-order valence-electron chi connectivity index (χ0n) is 17.9. The minimum Gasteiger partial charge on any atom is -0.480 e. The molecular weight excluding hydrogens is 449 g/mol. The Bertz CT molecular complexity index is 1120. The van der Waals surface area contributed by atoms with Gasteiger partial charge >= 0.3 is 5.97 Å². The number of nitrogens with zero attached hydrogens (tertiary/aromatic N) is 1. The lowest BCUT2D eigenvalue weighted by Gasteiger charge is -2.20. The summed E-state index contributed by atoms with van der Waals surface area (Å²) in [6.45, 7) is 5.92. The molecule has 0 bridgehead atoms.